The van der Waals surface area contributed by atoms with E-state index < -0.39 is 0 Å². The highest BCUT2D eigenvalue weighted by molar-refractivity contribution is 5.43. The Balaban J connectivity index is 1.88. The van der Waals surface area contributed by atoms with Crippen LogP contribution in [0.4, 0.5) is 5.69 Å². The maximum absolute atomic E-state index is 9.40. The molecule has 1 heterocycles. The van der Waals surface area contributed by atoms with E-state index in [0.29, 0.717) is 11.9 Å². The van der Waals surface area contributed by atoms with Crippen LogP contribution in [0, 0.1) is 0 Å². The molecule has 0 unspecified atom stereocenters. The fourth-order valence-corrected chi connectivity index (χ4v) is 2.04. The van der Waals surface area contributed by atoms with E-state index in [0.717, 1.165) is 31.4 Å². The van der Waals surface area contributed by atoms with Gasteiger partial charge in [0.2, 0.25) is 5.88 Å². The van der Waals surface area contributed by atoms with Crippen LogP contribution < -0.4 is 10.1 Å². The Morgan fingerprint density at radius 2 is 2.06 bits per heavy atom. The van der Waals surface area contributed by atoms with Gasteiger partial charge in [0.1, 0.15) is 0 Å². The average molecular weight is 222 g/mol. The molecule has 1 fully saturated rings. The van der Waals surface area contributed by atoms with Crippen molar-refractivity contribution in [1.82, 2.24) is 4.98 Å². The quantitative estimate of drug-likeness (QED) is 0.819. The first-order chi connectivity index (χ1) is 7.78. The van der Waals surface area contributed by atoms with Crippen molar-refractivity contribution in [3.05, 3.63) is 18.3 Å². The van der Waals surface area contributed by atoms with Crippen molar-refractivity contribution in [2.45, 2.75) is 37.8 Å². The Kier molecular flexibility index (Phi) is 3.62. The topological polar surface area (TPSA) is 54.4 Å². The van der Waals surface area contributed by atoms with Crippen molar-refractivity contribution in [2.24, 2.45) is 0 Å². The third-order valence-corrected chi connectivity index (χ3v) is 3.01. The molecule has 0 aliphatic heterocycles. The number of aliphatic hydroxyl groups excluding tert-OH is 1. The summed E-state index contributed by atoms with van der Waals surface area (Å²) in [5, 5.41) is 12.8. The SMILES string of the molecule is COc1ccc(NC2CCC(O)CC2)cn1. The third kappa shape index (κ3) is 2.85. The molecule has 0 saturated heterocycles. The summed E-state index contributed by atoms with van der Waals surface area (Å²) in [4.78, 5) is 4.14. The second kappa shape index (κ2) is 5.16. The molecule has 4 nitrogen and oxygen atoms in total. The molecule has 4 heteroatoms. The monoisotopic (exact) mass is 222 g/mol. The van der Waals surface area contributed by atoms with Gasteiger partial charge < -0.3 is 15.2 Å². The summed E-state index contributed by atoms with van der Waals surface area (Å²) >= 11 is 0. The summed E-state index contributed by atoms with van der Waals surface area (Å²) in [5.41, 5.74) is 1.02. The first-order valence-corrected chi connectivity index (χ1v) is 5.72. The van der Waals surface area contributed by atoms with Crippen molar-refractivity contribution in [3.63, 3.8) is 0 Å². The zero-order chi connectivity index (χ0) is 11.4. The number of hydrogen-bond acceptors (Lipinski definition) is 4. The predicted octanol–water partition coefficient (Wildman–Crippen LogP) is 1.81. The first-order valence-electron chi connectivity index (χ1n) is 5.72. The Morgan fingerprint density at radius 3 is 2.62 bits per heavy atom. The van der Waals surface area contributed by atoms with E-state index in [4.69, 9.17) is 4.74 Å². The van der Waals surface area contributed by atoms with E-state index in [1.807, 2.05) is 12.1 Å². The average Bonchev–Trinajstić information content (AvgIpc) is 2.33. The summed E-state index contributed by atoms with van der Waals surface area (Å²) in [6, 6.07) is 4.27. The number of pyridine rings is 1. The van der Waals surface area contributed by atoms with Gasteiger partial charge in [-0.15, -0.1) is 0 Å². The van der Waals surface area contributed by atoms with Gasteiger partial charge in [-0.3, -0.25) is 0 Å². The van der Waals surface area contributed by atoms with Crippen LogP contribution in [0.3, 0.4) is 0 Å². The number of methoxy groups -OCH3 is 1. The summed E-state index contributed by atoms with van der Waals surface area (Å²) in [6.45, 7) is 0. The normalized spacial score (nSPS) is 25.1. The van der Waals surface area contributed by atoms with Crippen LogP contribution in [-0.2, 0) is 0 Å². The van der Waals surface area contributed by atoms with Gasteiger partial charge in [0.15, 0.2) is 0 Å². The maximum Gasteiger partial charge on any atom is 0.213 e. The number of nitrogens with one attached hydrogen (secondary N) is 1. The smallest absolute Gasteiger partial charge is 0.213 e. The van der Waals surface area contributed by atoms with Gasteiger partial charge in [0.05, 0.1) is 25.1 Å². The standard InChI is InChI=1S/C12H18N2O2/c1-16-12-7-4-10(8-13-12)14-9-2-5-11(15)6-3-9/h4,7-9,11,14-15H,2-3,5-6H2,1H3. The van der Waals surface area contributed by atoms with Gasteiger partial charge in [0.25, 0.3) is 0 Å². The van der Waals surface area contributed by atoms with Crippen molar-refractivity contribution in [3.8, 4) is 5.88 Å². The van der Waals surface area contributed by atoms with Crippen LogP contribution in [0.5, 0.6) is 5.88 Å². The minimum absolute atomic E-state index is 0.105. The number of nitrogens with zero attached hydrogens (tertiary/aromatic N) is 1. The van der Waals surface area contributed by atoms with E-state index >= 15 is 0 Å². The number of ether oxygens (including phenoxy) is 1. The molecule has 0 aromatic carbocycles. The summed E-state index contributed by atoms with van der Waals surface area (Å²) < 4.78 is 5.00. The van der Waals surface area contributed by atoms with Gasteiger partial charge in [-0.05, 0) is 31.7 Å². The maximum atomic E-state index is 9.40. The van der Waals surface area contributed by atoms with Gasteiger partial charge in [-0.1, -0.05) is 0 Å². The van der Waals surface area contributed by atoms with Crippen LogP contribution in [0.1, 0.15) is 25.7 Å². The van der Waals surface area contributed by atoms with Crippen LogP contribution >= 0.6 is 0 Å². The molecule has 0 radical (unpaired) electrons. The van der Waals surface area contributed by atoms with Crippen LogP contribution in [-0.4, -0.2) is 29.3 Å². The molecule has 1 aliphatic rings. The predicted molar refractivity (Wildman–Crippen MR) is 62.7 cm³/mol. The molecule has 0 spiro atoms. The second-order valence-electron chi connectivity index (χ2n) is 4.24. The highest BCUT2D eigenvalue weighted by Crippen LogP contribution is 2.22. The summed E-state index contributed by atoms with van der Waals surface area (Å²) in [6.07, 6.45) is 5.50. The zero-order valence-electron chi connectivity index (χ0n) is 9.52. The molecule has 1 aromatic rings. The highest BCUT2D eigenvalue weighted by Gasteiger charge is 2.18. The van der Waals surface area contributed by atoms with Crippen LogP contribution in [0.25, 0.3) is 0 Å². The van der Waals surface area contributed by atoms with E-state index in [-0.39, 0.29) is 6.10 Å². The summed E-state index contributed by atoms with van der Waals surface area (Å²) in [7, 11) is 1.61. The van der Waals surface area contributed by atoms with E-state index in [1.165, 1.54) is 0 Å². The van der Waals surface area contributed by atoms with Gasteiger partial charge in [-0.25, -0.2) is 4.98 Å². The molecular formula is C12H18N2O2. The van der Waals surface area contributed by atoms with Crippen molar-refractivity contribution < 1.29 is 9.84 Å². The fraction of sp³-hybridized carbons (Fsp3) is 0.583. The molecule has 1 aliphatic carbocycles. The second-order valence-corrected chi connectivity index (χ2v) is 4.24. The Morgan fingerprint density at radius 1 is 1.31 bits per heavy atom. The largest absolute Gasteiger partial charge is 0.481 e. The van der Waals surface area contributed by atoms with Gasteiger partial charge in [-0.2, -0.15) is 0 Å². The number of aromatic nitrogens is 1. The Hall–Kier alpha value is -1.29. The molecule has 2 N–H and O–H groups in total. The van der Waals surface area contributed by atoms with Crippen molar-refractivity contribution >= 4 is 5.69 Å². The minimum atomic E-state index is -0.105. The molecular weight excluding hydrogens is 204 g/mol. The third-order valence-electron chi connectivity index (χ3n) is 3.01. The minimum Gasteiger partial charge on any atom is -0.481 e. The molecule has 0 atom stereocenters. The van der Waals surface area contributed by atoms with Crippen LogP contribution in [0.15, 0.2) is 18.3 Å². The molecule has 2 rings (SSSR count). The lowest BCUT2D eigenvalue weighted by Crippen LogP contribution is -2.28. The first kappa shape index (κ1) is 11.2. The molecule has 16 heavy (non-hydrogen) atoms. The zero-order valence-corrected chi connectivity index (χ0v) is 9.52. The number of rotatable bonds is 3. The van der Waals surface area contributed by atoms with E-state index in [9.17, 15) is 5.11 Å². The molecule has 0 bridgehead atoms. The number of aliphatic hydroxyl groups is 1. The number of hydrogen-bond donors (Lipinski definition) is 2. The fourth-order valence-electron chi connectivity index (χ4n) is 2.04. The Bertz CT molecular complexity index is 318. The number of anilines is 1. The van der Waals surface area contributed by atoms with Crippen molar-refractivity contribution in [1.29, 1.82) is 0 Å². The van der Waals surface area contributed by atoms with Crippen LogP contribution in [0.2, 0.25) is 0 Å². The summed E-state index contributed by atoms with van der Waals surface area (Å²) in [5.74, 6) is 0.629. The molecule has 1 aromatic heterocycles. The van der Waals surface area contributed by atoms with Crippen molar-refractivity contribution in [2.75, 3.05) is 12.4 Å². The van der Waals surface area contributed by atoms with E-state index in [1.54, 1.807) is 13.3 Å². The lowest BCUT2D eigenvalue weighted by atomic mass is 9.93. The van der Waals surface area contributed by atoms with E-state index in [2.05, 4.69) is 10.3 Å². The molecule has 1 saturated carbocycles. The lowest BCUT2D eigenvalue weighted by molar-refractivity contribution is 0.126. The van der Waals surface area contributed by atoms with Gasteiger partial charge in [0, 0.05) is 12.1 Å². The highest BCUT2D eigenvalue weighted by atomic mass is 16.5. The lowest BCUT2D eigenvalue weighted by Gasteiger charge is -2.26. The molecule has 0 amide bonds. The Labute approximate surface area is 95.7 Å². The molecule has 88 valence electrons. The van der Waals surface area contributed by atoms with Gasteiger partial charge >= 0.3 is 0 Å².